The van der Waals surface area contributed by atoms with Gasteiger partial charge < -0.3 is 15.7 Å². The van der Waals surface area contributed by atoms with E-state index in [0.717, 1.165) is 10.0 Å². The number of amides is 2. The van der Waals surface area contributed by atoms with Crippen LogP contribution in [-0.4, -0.2) is 23.7 Å². The molecule has 20 heavy (non-hydrogen) atoms. The maximum absolute atomic E-state index is 11.8. The molecule has 0 spiro atoms. The predicted octanol–water partition coefficient (Wildman–Crippen LogP) is 3.38. The predicted molar refractivity (Wildman–Crippen MR) is 81.9 cm³/mol. The van der Waals surface area contributed by atoms with Crippen molar-refractivity contribution < 1.29 is 14.7 Å². The fourth-order valence-corrected chi connectivity index (χ4v) is 2.04. The zero-order chi connectivity index (χ0) is 15.3. The van der Waals surface area contributed by atoms with E-state index in [1.807, 2.05) is 19.1 Å². The monoisotopic (exact) mass is 342 g/mol. The molecule has 2 amide bonds. The second kappa shape index (κ2) is 6.74. The number of urea groups is 1. The van der Waals surface area contributed by atoms with Crippen molar-refractivity contribution in [3.8, 4) is 0 Å². The van der Waals surface area contributed by atoms with Gasteiger partial charge in [-0.2, -0.15) is 0 Å². The van der Waals surface area contributed by atoms with Gasteiger partial charge in [0.15, 0.2) is 0 Å². The molecule has 0 aromatic heterocycles. The lowest BCUT2D eigenvalue weighted by atomic mass is 9.88. The number of aryl methyl sites for hydroxylation is 1. The lowest BCUT2D eigenvalue weighted by Gasteiger charge is -2.23. The Morgan fingerprint density at radius 1 is 1.40 bits per heavy atom. The van der Waals surface area contributed by atoms with Crippen molar-refractivity contribution >= 4 is 33.6 Å². The number of hydrogen-bond donors (Lipinski definition) is 3. The van der Waals surface area contributed by atoms with Gasteiger partial charge in [-0.1, -0.05) is 22.9 Å². The van der Waals surface area contributed by atoms with E-state index in [9.17, 15) is 9.59 Å². The molecule has 0 aliphatic heterocycles. The second-order valence-electron chi connectivity index (χ2n) is 4.99. The maximum atomic E-state index is 11.8. The number of carboxylic acids is 1. The number of carbonyl (C=O) groups excluding carboxylic acids is 1. The van der Waals surface area contributed by atoms with E-state index >= 15 is 0 Å². The van der Waals surface area contributed by atoms with Crippen LogP contribution in [0.4, 0.5) is 10.5 Å². The maximum Gasteiger partial charge on any atom is 0.319 e. The first-order valence-electron chi connectivity index (χ1n) is 6.33. The molecule has 0 fully saturated rings. The normalized spacial score (nSPS) is 13.4. The fraction of sp³-hybridized carbons (Fsp3) is 0.429. The van der Waals surface area contributed by atoms with Crippen LogP contribution in [0.25, 0.3) is 0 Å². The molecule has 0 bridgehead atoms. The summed E-state index contributed by atoms with van der Waals surface area (Å²) in [6.07, 6.45) is 0.444. The summed E-state index contributed by atoms with van der Waals surface area (Å²) in [7, 11) is 0. The van der Waals surface area contributed by atoms with Crippen LogP contribution in [0, 0.1) is 12.3 Å². The van der Waals surface area contributed by atoms with Crippen molar-refractivity contribution in [2.24, 2.45) is 5.41 Å². The minimum absolute atomic E-state index is 0.0836. The summed E-state index contributed by atoms with van der Waals surface area (Å²) in [5.74, 6) is -0.917. The van der Waals surface area contributed by atoms with Gasteiger partial charge in [-0.3, -0.25) is 4.79 Å². The third-order valence-electron chi connectivity index (χ3n) is 3.37. The van der Waals surface area contributed by atoms with Crippen LogP contribution in [0.5, 0.6) is 0 Å². The number of anilines is 1. The second-order valence-corrected chi connectivity index (χ2v) is 5.90. The molecule has 0 saturated carbocycles. The Hall–Kier alpha value is -1.56. The average molecular weight is 343 g/mol. The number of halogens is 1. The highest BCUT2D eigenvalue weighted by Gasteiger charge is 2.31. The molecule has 0 saturated heterocycles. The average Bonchev–Trinajstić information content (AvgIpc) is 2.39. The Kier molecular flexibility index (Phi) is 5.56. The Balaban J connectivity index is 2.62. The summed E-state index contributed by atoms with van der Waals surface area (Å²) >= 11 is 3.35. The highest BCUT2D eigenvalue weighted by atomic mass is 79.9. The number of nitrogens with one attached hydrogen (secondary N) is 2. The smallest absolute Gasteiger partial charge is 0.319 e. The molecule has 0 heterocycles. The van der Waals surface area contributed by atoms with E-state index in [1.54, 1.807) is 19.9 Å². The molecule has 1 aromatic rings. The van der Waals surface area contributed by atoms with Crippen LogP contribution in [-0.2, 0) is 4.79 Å². The van der Waals surface area contributed by atoms with Crippen LogP contribution < -0.4 is 10.6 Å². The summed E-state index contributed by atoms with van der Waals surface area (Å²) < 4.78 is 0.936. The molecule has 1 atom stereocenters. The number of benzene rings is 1. The number of carbonyl (C=O) groups is 2. The highest BCUT2D eigenvalue weighted by Crippen LogP contribution is 2.21. The molecule has 0 radical (unpaired) electrons. The van der Waals surface area contributed by atoms with E-state index in [1.165, 1.54) is 0 Å². The molecule has 1 unspecified atom stereocenters. The number of rotatable bonds is 5. The van der Waals surface area contributed by atoms with Crippen LogP contribution in [0.1, 0.15) is 25.8 Å². The van der Waals surface area contributed by atoms with Gasteiger partial charge in [0, 0.05) is 16.7 Å². The summed E-state index contributed by atoms with van der Waals surface area (Å²) in [6, 6.07) is 5.10. The third-order valence-corrected chi connectivity index (χ3v) is 3.87. The molecule has 1 aromatic carbocycles. The molecule has 1 rings (SSSR count). The Morgan fingerprint density at radius 3 is 2.55 bits per heavy atom. The lowest BCUT2D eigenvalue weighted by Crippen LogP contribution is -2.42. The van der Waals surface area contributed by atoms with Crippen molar-refractivity contribution in [2.75, 3.05) is 11.9 Å². The molecule has 110 valence electrons. The lowest BCUT2D eigenvalue weighted by molar-refractivity contribution is -0.147. The van der Waals surface area contributed by atoms with Crippen LogP contribution in [0.15, 0.2) is 22.7 Å². The quantitative estimate of drug-likeness (QED) is 0.767. The SMILES string of the molecule is CCC(C)(CNC(=O)Nc1ccc(Br)cc1C)C(=O)O. The minimum atomic E-state index is -0.952. The molecule has 5 nitrogen and oxygen atoms in total. The largest absolute Gasteiger partial charge is 0.481 e. The summed E-state index contributed by atoms with van der Waals surface area (Å²) in [4.78, 5) is 22.9. The zero-order valence-corrected chi connectivity index (χ0v) is 13.4. The molecular weight excluding hydrogens is 324 g/mol. The molecular formula is C14H19BrN2O3. The van der Waals surface area contributed by atoms with Crippen LogP contribution in [0.3, 0.4) is 0 Å². The standard InChI is InChI=1S/C14H19BrN2O3/c1-4-14(3,12(18)19)8-16-13(20)17-11-6-5-10(15)7-9(11)2/h5-7H,4,8H2,1-3H3,(H,18,19)(H2,16,17,20). The van der Waals surface area contributed by atoms with Crippen molar-refractivity contribution in [1.82, 2.24) is 5.32 Å². The summed E-state index contributed by atoms with van der Waals surface area (Å²) in [6.45, 7) is 5.36. The Bertz CT molecular complexity index is 519. The van der Waals surface area contributed by atoms with E-state index in [4.69, 9.17) is 5.11 Å². The summed E-state index contributed by atoms with van der Waals surface area (Å²) in [5, 5.41) is 14.4. The van der Waals surface area contributed by atoms with Crippen LogP contribution >= 0.6 is 15.9 Å². The van der Waals surface area contributed by atoms with Gasteiger partial charge in [0.05, 0.1) is 5.41 Å². The van der Waals surface area contributed by atoms with Gasteiger partial charge in [0.25, 0.3) is 0 Å². The third kappa shape index (κ3) is 4.23. The summed E-state index contributed by atoms with van der Waals surface area (Å²) in [5.41, 5.74) is 0.664. The first kappa shape index (κ1) is 16.5. The van der Waals surface area contributed by atoms with E-state index in [2.05, 4.69) is 26.6 Å². The van der Waals surface area contributed by atoms with Crippen LogP contribution in [0.2, 0.25) is 0 Å². The van der Waals surface area contributed by atoms with Crippen molar-refractivity contribution in [2.45, 2.75) is 27.2 Å². The van der Waals surface area contributed by atoms with E-state index in [0.29, 0.717) is 12.1 Å². The van der Waals surface area contributed by atoms with Gasteiger partial charge in [-0.05, 0) is 44.0 Å². The topological polar surface area (TPSA) is 78.4 Å². The van der Waals surface area contributed by atoms with Gasteiger partial charge in [-0.15, -0.1) is 0 Å². The first-order valence-corrected chi connectivity index (χ1v) is 7.12. The first-order chi connectivity index (χ1) is 9.28. The van der Waals surface area contributed by atoms with E-state index < -0.39 is 17.4 Å². The Morgan fingerprint density at radius 2 is 2.05 bits per heavy atom. The van der Waals surface area contributed by atoms with E-state index in [-0.39, 0.29) is 6.54 Å². The minimum Gasteiger partial charge on any atom is -0.481 e. The van der Waals surface area contributed by atoms with Gasteiger partial charge >= 0.3 is 12.0 Å². The fourth-order valence-electron chi connectivity index (χ4n) is 1.56. The van der Waals surface area contributed by atoms with Crippen molar-refractivity contribution in [1.29, 1.82) is 0 Å². The Labute approximate surface area is 126 Å². The molecule has 6 heteroatoms. The number of aliphatic carboxylic acids is 1. The number of hydrogen-bond acceptors (Lipinski definition) is 2. The van der Waals surface area contributed by atoms with Crippen molar-refractivity contribution in [3.05, 3.63) is 28.2 Å². The highest BCUT2D eigenvalue weighted by molar-refractivity contribution is 9.10. The van der Waals surface area contributed by atoms with Gasteiger partial charge in [0.1, 0.15) is 0 Å². The number of carboxylic acid groups (broad SMARTS) is 1. The van der Waals surface area contributed by atoms with Crippen molar-refractivity contribution in [3.63, 3.8) is 0 Å². The van der Waals surface area contributed by atoms with Gasteiger partial charge in [-0.25, -0.2) is 4.79 Å². The molecule has 3 N–H and O–H groups in total. The van der Waals surface area contributed by atoms with Gasteiger partial charge in [0.2, 0.25) is 0 Å². The molecule has 0 aliphatic carbocycles. The molecule has 0 aliphatic rings. The zero-order valence-electron chi connectivity index (χ0n) is 11.8.